The number of hydrogen-bond donors (Lipinski definition) is 1. The molecule has 0 saturated carbocycles. The van der Waals surface area contributed by atoms with Crippen LogP contribution in [0.2, 0.25) is 0 Å². The van der Waals surface area contributed by atoms with Crippen LogP contribution in [0.4, 0.5) is 15.8 Å². The van der Waals surface area contributed by atoms with Crippen LogP contribution in [0.15, 0.2) is 53.7 Å². The van der Waals surface area contributed by atoms with E-state index < -0.39 is 0 Å². The number of anilines is 2. The van der Waals surface area contributed by atoms with E-state index in [1.54, 1.807) is 18.2 Å². The smallest absolute Gasteiger partial charge is 0.244 e. The predicted molar refractivity (Wildman–Crippen MR) is 123 cm³/mol. The number of carbonyl (C=O) groups excluding carboxylic acids is 2. The van der Waals surface area contributed by atoms with Crippen molar-refractivity contribution < 1.29 is 18.7 Å². The van der Waals surface area contributed by atoms with Gasteiger partial charge in [0.25, 0.3) is 0 Å². The van der Waals surface area contributed by atoms with E-state index >= 15 is 0 Å². The number of aromatic nitrogens is 3. The number of halogens is 1. The van der Waals surface area contributed by atoms with E-state index in [2.05, 4.69) is 15.5 Å². The first-order valence-corrected chi connectivity index (χ1v) is 11.7. The lowest BCUT2D eigenvalue weighted by atomic mass is 10.2. The van der Waals surface area contributed by atoms with Gasteiger partial charge in [-0.25, -0.2) is 4.39 Å². The normalized spacial score (nSPS) is 17.7. The zero-order valence-electron chi connectivity index (χ0n) is 17.7. The van der Waals surface area contributed by atoms with E-state index in [9.17, 15) is 14.0 Å². The number of rotatable bonds is 6. The number of nitrogens with zero attached hydrogens (tertiary/aromatic N) is 4. The van der Waals surface area contributed by atoms with Crippen molar-refractivity contribution >= 4 is 35.0 Å². The third kappa shape index (κ3) is 4.62. The lowest BCUT2D eigenvalue weighted by Crippen LogP contribution is -2.43. The van der Waals surface area contributed by atoms with Crippen LogP contribution in [0.5, 0.6) is 0 Å². The van der Waals surface area contributed by atoms with Gasteiger partial charge in [-0.05, 0) is 49.2 Å². The minimum Gasteiger partial charge on any atom is -0.376 e. The summed E-state index contributed by atoms with van der Waals surface area (Å²) in [5.74, 6) is -0.0584. The van der Waals surface area contributed by atoms with Crippen molar-refractivity contribution in [1.82, 2.24) is 14.8 Å². The van der Waals surface area contributed by atoms with Crippen LogP contribution in [-0.4, -0.2) is 51.6 Å². The maximum absolute atomic E-state index is 13.4. The number of benzene rings is 2. The molecule has 2 amide bonds. The van der Waals surface area contributed by atoms with Crippen LogP contribution in [0.3, 0.4) is 0 Å². The predicted octanol–water partition coefficient (Wildman–Crippen LogP) is 3.34. The zero-order chi connectivity index (χ0) is 22.8. The van der Waals surface area contributed by atoms with Crippen LogP contribution in [-0.2, 0) is 20.9 Å². The van der Waals surface area contributed by atoms with Gasteiger partial charge in [-0.15, -0.1) is 10.2 Å². The summed E-state index contributed by atoms with van der Waals surface area (Å²) in [7, 11) is 0. The summed E-state index contributed by atoms with van der Waals surface area (Å²) >= 11 is 1.26. The van der Waals surface area contributed by atoms with Crippen LogP contribution < -0.4 is 10.2 Å². The van der Waals surface area contributed by atoms with Gasteiger partial charge in [0.05, 0.1) is 29.8 Å². The Kier molecular flexibility index (Phi) is 6.10. The summed E-state index contributed by atoms with van der Waals surface area (Å²) in [6, 6.07) is 13.3. The fourth-order valence-electron chi connectivity index (χ4n) is 4.02. The maximum Gasteiger partial charge on any atom is 0.244 e. The Labute approximate surface area is 194 Å². The van der Waals surface area contributed by atoms with Crippen LogP contribution in [0.25, 0.3) is 11.4 Å². The largest absolute Gasteiger partial charge is 0.376 e. The van der Waals surface area contributed by atoms with Gasteiger partial charge in [-0.2, -0.15) is 0 Å². The molecule has 0 unspecified atom stereocenters. The first-order valence-electron chi connectivity index (χ1n) is 10.7. The summed E-state index contributed by atoms with van der Waals surface area (Å²) < 4.78 is 21.1. The Hall–Kier alpha value is -3.24. The van der Waals surface area contributed by atoms with Gasteiger partial charge in [0.15, 0.2) is 11.0 Å². The second kappa shape index (κ2) is 9.32. The van der Waals surface area contributed by atoms with Crippen molar-refractivity contribution in [2.75, 3.05) is 29.1 Å². The van der Waals surface area contributed by atoms with Gasteiger partial charge < -0.3 is 15.0 Å². The van der Waals surface area contributed by atoms with Crippen molar-refractivity contribution in [3.63, 3.8) is 0 Å². The molecule has 1 atom stereocenters. The monoisotopic (exact) mass is 467 g/mol. The molecule has 0 aliphatic carbocycles. The molecule has 1 fully saturated rings. The van der Waals surface area contributed by atoms with Gasteiger partial charge in [0.2, 0.25) is 11.8 Å². The fourth-order valence-corrected chi connectivity index (χ4v) is 4.85. The quantitative estimate of drug-likeness (QED) is 0.560. The SMILES string of the molecule is O=C1CN(C(=O)CSc2nnc(-c3ccc(F)cc3)n2C[C@@H]2CCCO2)c2ccccc2N1. The molecular formula is C23H22FN5O3S. The van der Waals surface area contributed by atoms with Crippen molar-refractivity contribution in [1.29, 1.82) is 0 Å². The standard InChI is InChI=1S/C23H22FN5O3S/c24-16-9-7-15(8-10-16)22-26-27-23(29(22)12-17-4-3-11-32-17)33-14-21(31)28-13-20(30)25-18-5-1-2-6-19(18)28/h1-2,5-10,17H,3-4,11-14H2,(H,25,30)/t17-/m0/s1. The highest BCUT2D eigenvalue weighted by Gasteiger charge is 2.28. The highest BCUT2D eigenvalue weighted by Crippen LogP contribution is 2.31. The highest BCUT2D eigenvalue weighted by molar-refractivity contribution is 7.99. The van der Waals surface area contributed by atoms with E-state index in [4.69, 9.17) is 4.74 Å². The molecule has 0 spiro atoms. The molecule has 2 aliphatic rings. The third-order valence-electron chi connectivity index (χ3n) is 5.63. The molecule has 33 heavy (non-hydrogen) atoms. The van der Waals surface area contributed by atoms with Crippen molar-refractivity contribution in [3.05, 3.63) is 54.3 Å². The Balaban J connectivity index is 1.37. The van der Waals surface area contributed by atoms with Crippen LogP contribution in [0.1, 0.15) is 12.8 Å². The molecule has 1 N–H and O–H groups in total. The topological polar surface area (TPSA) is 89.4 Å². The van der Waals surface area contributed by atoms with Gasteiger partial charge in [0, 0.05) is 12.2 Å². The molecule has 3 aromatic rings. The van der Waals surface area contributed by atoms with Gasteiger partial charge in [-0.1, -0.05) is 23.9 Å². The molecule has 2 aromatic carbocycles. The first kappa shape index (κ1) is 21.6. The molecule has 2 aliphatic heterocycles. The molecule has 3 heterocycles. The number of para-hydroxylation sites is 2. The minimum atomic E-state index is -0.324. The summed E-state index contributed by atoms with van der Waals surface area (Å²) in [6.07, 6.45) is 1.97. The summed E-state index contributed by atoms with van der Waals surface area (Å²) in [4.78, 5) is 26.6. The number of carbonyl (C=O) groups is 2. The minimum absolute atomic E-state index is 0.0279. The molecule has 0 bridgehead atoms. The summed E-state index contributed by atoms with van der Waals surface area (Å²) in [5.41, 5.74) is 2.03. The number of thioether (sulfide) groups is 1. The van der Waals surface area contributed by atoms with Crippen LogP contribution in [0, 0.1) is 5.82 Å². The first-order chi connectivity index (χ1) is 16.1. The summed E-state index contributed by atoms with van der Waals surface area (Å²) in [6.45, 7) is 1.24. The molecule has 170 valence electrons. The van der Waals surface area contributed by atoms with E-state index in [-0.39, 0.29) is 36.0 Å². The van der Waals surface area contributed by atoms with Crippen molar-refractivity contribution in [3.8, 4) is 11.4 Å². The number of ether oxygens (including phenoxy) is 1. The zero-order valence-corrected chi connectivity index (χ0v) is 18.6. The number of amides is 2. The van der Waals surface area contributed by atoms with E-state index in [0.29, 0.717) is 28.9 Å². The van der Waals surface area contributed by atoms with E-state index in [0.717, 1.165) is 25.0 Å². The summed E-state index contributed by atoms with van der Waals surface area (Å²) in [5, 5.41) is 12.0. The highest BCUT2D eigenvalue weighted by atomic mass is 32.2. The van der Waals surface area contributed by atoms with Gasteiger partial charge >= 0.3 is 0 Å². The lowest BCUT2D eigenvalue weighted by Gasteiger charge is -2.29. The number of fused-ring (bicyclic) bond motifs is 1. The second-order valence-corrected chi connectivity index (χ2v) is 8.84. The Morgan fingerprint density at radius 3 is 2.79 bits per heavy atom. The molecule has 5 rings (SSSR count). The van der Waals surface area contributed by atoms with Gasteiger partial charge in [0.1, 0.15) is 12.4 Å². The molecule has 1 saturated heterocycles. The number of nitrogens with one attached hydrogen (secondary N) is 1. The lowest BCUT2D eigenvalue weighted by molar-refractivity contribution is -0.120. The molecule has 1 aromatic heterocycles. The second-order valence-electron chi connectivity index (χ2n) is 7.89. The molecule has 10 heteroatoms. The molecule has 0 radical (unpaired) electrons. The van der Waals surface area contributed by atoms with Crippen molar-refractivity contribution in [2.45, 2.75) is 30.6 Å². The Morgan fingerprint density at radius 2 is 2.00 bits per heavy atom. The fraction of sp³-hybridized carbons (Fsp3) is 0.304. The Morgan fingerprint density at radius 1 is 1.18 bits per heavy atom. The maximum atomic E-state index is 13.4. The van der Waals surface area contributed by atoms with E-state index in [1.165, 1.54) is 28.8 Å². The third-order valence-corrected chi connectivity index (χ3v) is 6.58. The average Bonchev–Trinajstić information content (AvgIpc) is 3.48. The molecule has 8 nitrogen and oxygen atoms in total. The van der Waals surface area contributed by atoms with Crippen LogP contribution >= 0.6 is 11.8 Å². The van der Waals surface area contributed by atoms with E-state index in [1.807, 2.05) is 22.8 Å². The Bertz CT molecular complexity index is 1180. The average molecular weight is 468 g/mol. The molecular weight excluding hydrogens is 445 g/mol. The van der Waals surface area contributed by atoms with Crippen molar-refractivity contribution in [2.24, 2.45) is 0 Å². The van der Waals surface area contributed by atoms with Gasteiger partial charge in [-0.3, -0.25) is 14.2 Å². The number of hydrogen-bond acceptors (Lipinski definition) is 6.